The molecule has 0 aliphatic carbocycles. The molecule has 0 amide bonds. The van der Waals surface area contributed by atoms with Gasteiger partial charge in [-0.2, -0.15) is 0 Å². The van der Waals surface area contributed by atoms with E-state index in [1.165, 1.54) is 0 Å². The van der Waals surface area contributed by atoms with E-state index in [0.717, 1.165) is 11.1 Å². The summed E-state index contributed by atoms with van der Waals surface area (Å²) >= 11 is 0. The van der Waals surface area contributed by atoms with Crippen LogP contribution in [-0.2, 0) is 13.2 Å². The average molecular weight is 428 g/mol. The molecule has 0 atom stereocenters. The molecule has 6 nitrogen and oxygen atoms in total. The van der Waals surface area contributed by atoms with Gasteiger partial charge in [0.05, 0.1) is 0 Å². The molecule has 0 fully saturated rings. The average Bonchev–Trinajstić information content (AvgIpc) is 2.82. The second-order valence-corrected chi connectivity index (χ2v) is 7.11. The number of fused-ring (bicyclic) bond motifs is 1. The monoisotopic (exact) mass is 428 g/mol. The fourth-order valence-corrected chi connectivity index (χ4v) is 3.54. The van der Waals surface area contributed by atoms with Crippen molar-refractivity contribution < 1.29 is 29.3 Å². The van der Waals surface area contributed by atoms with E-state index < -0.39 is 23.1 Å². The summed E-state index contributed by atoms with van der Waals surface area (Å²) in [5, 5.41) is 20.9. The first-order valence-corrected chi connectivity index (χ1v) is 9.95. The molecule has 0 unspecified atom stereocenters. The van der Waals surface area contributed by atoms with Crippen LogP contribution in [0.1, 0.15) is 31.8 Å². The molecular formula is C26H20O6. The number of hydrogen-bond donors (Lipinski definition) is 2. The molecule has 2 N–H and O–H groups in total. The lowest BCUT2D eigenvalue weighted by atomic mass is 9.97. The van der Waals surface area contributed by atoms with Crippen molar-refractivity contribution in [3.05, 3.63) is 107 Å². The van der Waals surface area contributed by atoms with Crippen molar-refractivity contribution >= 4 is 22.7 Å². The topological polar surface area (TPSA) is 93.1 Å². The maximum atomic E-state index is 12.2. The Labute approximate surface area is 184 Å². The van der Waals surface area contributed by atoms with E-state index in [9.17, 15) is 19.8 Å². The number of benzene rings is 4. The minimum absolute atomic E-state index is 0.00131. The van der Waals surface area contributed by atoms with Gasteiger partial charge in [-0.1, -0.05) is 84.9 Å². The van der Waals surface area contributed by atoms with Crippen LogP contribution < -0.4 is 9.47 Å². The largest absolute Gasteiger partial charge is 0.487 e. The van der Waals surface area contributed by atoms with Crippen LogP contribution in [-0.4, -0.2) is 22.2 Å². The van der Waals surface area contributed by atoms with Gasteiger partial charge in [0.2, 0.25) is 0 Å². The Morgan fingerprint density at radius 1 is 0.562 bits per heavy atom. The molecule has 0 aliphatic rings. The van der Waals surface area contributed by atoms with E-state index in [-0.39, 0.29) is 24.7 Å². The predicted octanol–water partition coefficient (Wildman–Crippen LogP) is 5.39. The third-order valence-corrected chi connectivity index (χ3v) is 5.00. The van der Waals surface area contributed by atoms with Crippen LogP contribution in [0.2, 0.25) is 0 Å². The molecule has 0 aliphatic heterocycles. The van der Waals surface area contributed by atoms with Gasteiger partial charge in [-0.25, -0.2) is 9.59 Å². The van der Waals surface area contributed by atoms with Crippen molar-refractivity contribution in [2.45, 2.75) is 13.2 Å². The third kappa shape index (κ3) is 4.25. The minimum atomic E-state index is -1.40. The first kappa shape index (κ1) is 20.9. The molecule has 0 spiro atoms. The van der Waals surface area contributed by atoms with Crippen molar-refractivity contribution in [3.8, 4) is 11.5 Å². The second kappa shape index (κ2) is 9.22. The first-order chi connectivity index (χ1) is 15.6. The Hall–Kier alpha value is -4.32. The van der Waals surface area contributed by atoms with Gasteiger partial charge in [0.15, 0.2) is 0 Å². The number of rotatable bonds is 8. The number of carbonyl (C=O) groups is 2. The van der Waals surface area contributed by atoms with E-state index in [2.05, 4.69) is 0 Å². The molecule has 4 aromatic rings. The molecule has 6 heteroatoms. The molecule has 4 aromatic carbocycles. The zero-order valence-electron chi connectivity index (χ0n) is 17.0. The highest BCUT2D eigenvalue weighted by Gasteiger charge is 2.30. The molecule has 0 saturated heterocycles. The summed E-state index contributed by atoms with van der Waals surface area (Å²) in [6, 6.07) is 25.4. The zero-order valence-corrected chi connectivity index (χ0v) is 17.0. The Morgan fingerprint density at radius 2 is 0.906 bits per heavy atom. The van der Waals surface area contributed by atoms with Crippen LogP contribution in [0.5, 0.6) is 11.5 Å². The van der Waals surface area contributed by atoms with Crippen molar-refractivity contribution in [1.29, 1.82) is 0 Å². The standard InChI is InChI=1S/C26H20O6/c27-25(28)21-22(26(29)30)24(32-16-18-11-5-2-6-12-18)20-14-8-7-13-19(20)23(21)31-15-17-9-3-1-4-10-17/h1-14H,15-16H2,(H,27,28)(H,29,30). The van der Waals surface area contributed by atoms with E-state index in [0.29, 0.717) is 10.8 Å². The van der Waals surface area contributed by atoms with Crippen molar-refractivity contribution in [2.24, 2.45) is 0 Å². The predicted molar refractivity (Wildman–Crippen MR) is 119 cm³/mol. The van der Waals surface area contributed by atoms with Gasteiger partial charge in [-0.05, 0) is 11.1 Å². The van der Waals surface area contributed by atoms with Crippen molar-refractivity contribution in [3.63, 3.8) is 0 Å². The molecule has 0 aromatic heterocycles. The molecule has 32 heavy (non-hydrogen) atoms. The summed E-state index contributed by atoms with van der Waals surface area (Å²) in [4.78, 5) is 24.5. The van der Waals surface area contributed by atoms with Gasteiger partial charge in [-0.15, -0.1) is 0 Å². The molecule has 0 radical (unpaired) electrons. The van der Waals surface area contributed by atoms with E-state index >= 15 is 0 Å². The minimum Gasteiger partial charge on any atom is -0.487 e. The Bertz CT molecular complexity index is 1170. The normalized spacial score (nSPS) is 10.6. The van der Waals surface area contributed by atoms with Crippen molar-refractivity contribution in [1.82, 2.24) is 0 Å². The summed E-state index contributed by atoms with van der Waals surface area (Å²) in [6.07, 6.45) is 0. The van der Waals surface area contributed by atoms with Gasteiger partial charge >= 0.3 is 11.9 Å². The SMILES string of the molecule is O=C(O)c1c(C(=O)O)c(OCc2ccccc2)c2ccccc2c1OCc1ccccc1. The van der Waals surface area contributed by atoms with Gasteiger partial charge < -0.3 is 19.7 Å². The second-order valence-electron chi connectivity index (χ2n) is 7.11. The molecule has 0 heterocycles. The van der Waals surface area contributed by atoms with Crippen molar-refractivity contribution in [2.75, 3.05) is 0 Å². The summed E-state index contributed by atoms with van der Waals surface area (Å²) in [6.45, 7) is 0.183. The molecule has 0 bridgehead atoms. The number of ether oxygens (including phenoxy) is 2. The lowest BCUT2D eigenvalue weighted by molar-refractivity contribution is 0.0643. The number of hydrogen-bond acceptors (Lipinski definition) is 4. The first-order valence-electron chi connectivity index (χ1n) is 9.95. The quantitative estimate of drug-likeness (QED) is 0.391. The van der Waals surface area contributed by atoms with Crippen LogP contribution in [0.25, 0.3) is 10.8 Å². The highest BCUT2D eigenvalue weighted by atomic mass is 16.5. The zero-order chi connectivity index (χ0) is 22.5. The maximum absolute atomic E-state index is 12.2. The van der Waals surface area contributed by atoms with Gasteiger partial charge in [-0.3, -0.25) is 0 Å². The molecule has 160 valence electrons. The van der Waals surface area contributed by atoms with Crippen LogP contribution in [0.3, 0.4) is 0 Å². The van der Waals surface area contributed by atoms with Crippen LogP contribution >= 0.6 is 0 Å². The molecule has 4 rings (SSSR count). The van der Waals surface area contributed by atoms with Gasteiger partial charge in [0.1, 0.15) is 35.8 Å². The highest BCUT2D eigenvalue weighted by molar-refractivity contribution is 6.13. The lowest BCUT2D eigenvalue weighted by Gasteiger charge is -2.19. The summed E-state index contributed by atoms with van der Waals surface area (Å²) < 4.78 is 11.8. The fraction of sp³-hybridized carbons (Fsp3) is 0.0769. The van der Waals surface area contributed by atoms with Crippen LogP contribution in [0.15, 0.2) is 84.9 Å². The Morgan fingerprint density at radius 3 is 1.25 bits per heavy atom. The smallest absolute Gasteiger partial charge is 0.340 e. The lowest BCUT2D eigenvalue weighted by Crippen LogP contribution is -2.14. The van der Waals surface area contributed by atoms with Crippen LogP contribution in [0.4, 0.5) is 0 Å². The number of aromatic carboxylic acids is 2. The molecule has 0 saturated carbocycles. The highest BCUT2D eigenvalue weighted by Crippen LogP contribution is 2.41. The summed E-state index contributed by atoms with van der Waals surface area (Å²) in [7, 11) is 0. The maximum Gasteiger partial charge on any atom is 0.340 e. The van der Waals surface area contributed by atoms with E-state index in [1.54, 1.807) is 24.3 Å². The van der Waals surface area contributed by atoms with Gasteiger partial charge in [0.25, 0.3) is 0 Å². The summed E-state index contributed by atoms with van der Waals surface area (Å²) in [5.41, 5.74) is 0.786. The van der Waals surface area contributed by atoms with Gasteiger partial charge in [0, 0.05) is 10.8 Å². The number of carboxylic acid groups (broad SMARTS) is 2. The Kier molecular flexibility index (Phi) is 6.03. The fourth-order valence-electron chi connectivity index (χ4n) is 3.54. The third-order valence-electron chi connectivity index (χ3n) is 5.00. The van der Waals surface area contributed by atoms with Crippen LogP contribution in [0, 0.1) is 0 Å². The molecular weight excluding hydrogens is 408 g/mol. The van der Waals surface area contributed by atoms with E-state index in [4.69, 9.17) is 9.47 Å². The Balaban J connectivity index is 1.87. The number of carboxylic acids is 2. The van der Waals surface area contributed by atoms with E-state index in [1.807, 2.05) is 60.7 Å². The summed E-state index contributed by atoms with van der Waals surface area (Å²) in [5.74, 6) is -2.80.